The number of hydrogen-bond acceptors (Lipinski definition) is 7. The van der Waals surface area contributed by atoms with Crippen LogP contribution in [0.2, 0.25) is 0 Å². The van der Waals surface area contributed by atoms with Crippen LogP contribution in [-0.2, 0) is 27.2 Å². The van der Waals surface area contributed by atoms with Crippen molar-refractivity contribution in [3.8, 4) is 5.75 Å². The minimum Gasteiger partial charge on any atom is -0.491 e. The zero-order chi connectivity index (χ0) is 30.2. The minimum absolute atomic E-state index is 0.0934. The number of fused-ring (bicyclic) bond motifs is 1. The van der Waals surface area contributed by atoms with Gasteiger partial charge in [0.05, 0.1) is 11.6 Å². The van der Waals surface area contributed by atoms with Crippen LogP contribution in [0.15, 0.2) is 42.5 Å². The van der Waals surface area contributed by atoms with Crippen LogP contribution in [0.4, 0.5) is 0 Å². The molecule has 1 aliphatic carbocycles. The summed E-state index contributed by atoms with van der Waals surface area (Å²) >= 11 is 0. The number of nitrogens with one attached hydrogen (secondary N) is 5. The van der Waals surface area contributed by atoms with E-state index >= 15 is 0 Å². The van der Waals surface area contributed by atoms with Gasteiger partial charge < -0.3 is 36.7 Å². The average Bonchev–Trinajstić information content (AvgIpc) is 3.83. The number of likely N-dealkylation sites (N-methyl/N-ethyl adjacent to an activating group) is 1. The second-order valence-electron chi connectivity index (χ2n) is 11.0. The molecule has 3 atom stereocenters. The number of ether oxygens (including phenoxy) is 1. The minimum atomic E-state index is -0.856. The first-order valence-corrected chi connectivity index (χ1v) is 14.5. The molecule has 2 aliphatic rings. The van der Waals surface area contributed by atoms with Crippen LogP contribution in [0.5, 0.6) is 5.75 Å². The quantitative estimate of drug-likeness (QED) is 0.232. The molecule has 0 saturated heterocycles. The number of para-hydroxylation sites is 1. The fourth-order valence-corrected chi connectivity index (χ4v) is 5.10. The Labute approximate surface area is 246 Å². The lowest BCUT2D eigenvalue weighted by molar-refractivity contribution is -0.141. The normalized spacial score (nSPS) is 23.0. The standard InChI is InChI=1S/C31H41N7O4/c1-19-29(39)37-25(17-20-8-10-21(18-32)11-9-20)30(40)36-14-4-6-23-5-3-7-24(28(33)34)27(23)42-16-15-35-26(22-12-13-22)31(41)38(19)2/h3,5,7-11,18-19,22,25-26,32,35H,4,6,12-17H2,1-2H3,(H3,33,34)(H,36,40)(H,37,39)/t19-,25-,26+/m1/s1. The maximum atomic E-state index is 13.5. The largest absolute Gasteiger partial charge is 0.491 e. The van der Waals surface area contributed by atoms with Gasteiger partial charge in [0.2, 0.25) is 17.7 Å². The Balaban J connectivity index is 1.59. The molecule has 1 heterocycles. The van der Waals surface area contributed by atoms with Crippen molar-refractivity contribution in [3.63, 3.8) is 0 Å². The van der Waals surface area contributed by atoms with Gasteiger partial charge in [-0.25, -0.2) is 0 Å². The average molecular weight is 576 g/mol. The van der Waals surface area contributed by atoms with E-state index in [1.807, 2.05) is 24.3 Å². The molecule has 1 aliphatic heterocycles. The highest BCUT2D eigenvalue weighted by Crippen LogP contribution is 2.33. The molecule has 4 rings (SSSR count). The number of carbonyl (C=O) groups excluding carboxylic acids is 3. The van der Waals surface area contributed by atoms with Gasteiger partial charge in [0, 0.05) is 32.8 Å². The maximum absolute atomic E-state index is 13.5. The summed E-state index contributed by atoms with van der Waals surface area (Å²) in [6, 6.07) is 10.6. The maximum Gasteiger partial charge on any atom is 0.243 e. The van der Waals surface area contributed by atoms with Crippen LogP contribution in [0.3, 0.4) is 0 Å². The van der Waals surface area contributed by atoms with Crippen molar-refractivity contribution in [2.24, 2.45) is 11.7 Å². The molecule has 224 valence electrons. The van der Waals surface area contributed by atoms with Crippen molar-refractivity contribution in [1.82, 2.24) is 20.9 Å². The third-order valence-electron chi connectivity index (χ3n) is 7.91. The van der Waals surface area contributed by atoms with Gasteiger partial charge >= 0.3 is 0 Å². The van der Waals surface area contributed by atoms with Gasteiger partial charge in [-0.15, -0.1) is 0 Å². The third kappa shape index (κ3) is 7.73. The van der Waals surface area contributed by atoms with Crippen molar-refractivity contribution in [2.75, 3.05) is 26.7 Å². The van der Waals surface area contributed by atoms with E-state index in [0.717, 1.165) is 29.5 Å². The topological polar surface area (TPSA) is 173 Å². The Kier molecular flexibility index (Phi) is 10.3. The van der Waals surface area contributed by atoms with Gasteiger partial charge in [-0.3, -0.25) is 19.8 Å². The number of nitrogens with zero attached hydrogens (tertiary/aromatic N) is 1. The molecule has 1 fully saturated rings. The zero-order valence-corrected chi connectivity index (χ0v) is 24.2. The molecule has 0 radical (unpaired) electrons. The van der Waals surface area contributed by atoms with E-state index in [4.69, 9.17) is 21.3 Å². The fraction of sp³-hybridized carbons (Fsp3) is 0.452. The monoisotopic (exact) mass is 575 g/mol. The number of amidine groups is 1. The van der Waals surface area contributed by atoms with Crippen molar-refractivity contribution >= 4 is 29.8 Å². The van der Waals surface area contributed by atoms with Crippen LogP contribution >= 0.6 is 0 Å². The predicted octanol–water partition coefficient (Wildman–Crippen LogP) is 1.35. The van der Waals surface area contributed by atoms with E-state index in [1.54, 1.807) is 32.2 Å². The fourth-order valence-electron chi connectivity index (χ4n) is 5.10. The van der Waals surface area contributed by atoms with Gasteiger partial charge in [0.25, 0.3) is 0 Å². The molecule has 11 nitrogen and oxygen atoms in total. The summed E-state index contributed by atoms with van der Waals surface area (Å²) in [5.41, 5.74) is 8.80. The first-order chi connectivity index (χ1) is 20.2. The molecule has 1 saturated carbocycles. The number of nitrogens with two attached hydrogens (primary N) is 1. The Hall–Kier alpha value is -4.25. The molecule has 3 amide bonds. The van der Waals surface area contributed by atoms with Crippen molar-refractivity contribution in [2.45, 2.75) is 57.2 Å². The zero-order valence-electron chi connectivity index (χ0n) is 24.2. The molecule has 7 N–H and O–H groups in total. The van der Waals surface area contributed by atoms with Gasteiger partial charge in [-0.05, 0) is 61.3 Å². The molecule has 0 spiro atoms. The summed E-state index contributed by atoms with van der Waals surface area (Å²) in [7, 11) is 1.61. The molecule has 0 aromatic heterocycles. The third-order valence-corrected chi connectivity index (χ3v) is 7.91. The lowest BCUT2D eigenvalue weighted by atomic mass is 10.0. The Bertz CT molecular complexity index is 1310. The van der Waals surface area contributed by atoms with E-state index < -0.39 is 24.0 Å². The van der Waals surface area contributed by atoms with Gasteiger partial charge in [-0.2, -0.15) is 0 Å². The van der Waals surface area contributed by atoms with Crippen molar-refractivity contribution in [1.29, 1.82) is 10.8 Å². The number of nitrogen functional groups attached to an aromatic ring is 1. The number of amides is 3. The van der Waals surface area contributed by atoms with Crippen LogP contribution < -0.4 is 26.4 Å². The molecule has 0 unspecified atom stereocenters. The van der Waals surface area contributed by atoms with Gasteiger partial charge in [0.15, 0.2) is 0 Å². The lowest BCUT2D eigenvalue weighted by Gasteiger charge is -2.30. The smallest absolute Gasteiger partial charge is 0.243 e. The molecular weight excluding hydrogens is 534 g/mol. The summed E-state index contributed by atoms with van der Waals surface area (Å²) in [6.45, 7) is 2.70. The first kappa shape index (κ1) is 30.7. The van der Waals surface area contributed by atoms with Crippen LogP contribution in [0.25, 0.3) is 0 Å². The Morgan fingerprint density at radius 1 is 1.10 bits per heavy atom. The molecule has 0 bridgehead atoms. The number of rotatable bonds is 5. The summed E-state index contributed by atoms with van der Waals surface area (Å²) in [6.07, 6.45) is 4.54. The number of benzene rings is 2. The molecule has 11 heteroatoms. The van der Waals surface area contributed by atoms with Crippen LogP contribution in [0.1, 0.15) is 48.4 Å². The second kappa shape index (κ2) is 14.1. The SMILES string of the molecule is C[C@@H]1C(=O)N[C@H](Cc2ccc(C=N)cc2)C(=O)NCCCc2cccc(C(=N)N)c2OCCN[C@@H](C2CC2)C(=O)N1C. The number of aryl methyl sites for hydroxylation is 1. The van der Waals surface area contributed by atoms with E-state index in [1.165, 1.54) is 11.1 Å². The summed E-state index contributed by atoms with van der Waals surface area (Å²) in [5, 5.41) is 24.6. The summed E-state index contributed by atoms with van der Waals surface area (Å²) in [4.78, 5) is 41.6. The lowest BCUT2D eigenvalue weighted by Crippen LogP contribution is -2.56. The van der Waals surface area contributed by atoms with E-state index in [2.05, 4.69) is 16.0 Å². The van der Waals surface area contributed by atoms with Crippen LogP contribution in [-0.4, -0.2) is 79.5 Å². The van der Waals surface area contributed by atoms with Crippen molar-refractivity contribution in [3.05, 3.63) is 64.7 Å². The number of hydrogen-bond donors (Lipinski definition) is 6. The van der Waals surface area contributed by atoms with Crippen molar-refractivity contribution < 1.29 is 19.1 Å². The Morgan fingerprint density at radius 3 is 2.50 bits per heavy atom. The second-order valence-corrected chi connectivity index (χ2v) is 11.0. The van der Waals surface area contributed by atoms with E-state index in [0.29, 0.717) is 37.2 Å². The highest BCUT2D eigenvalue weighted by molar-refractivity contribution is 5.98. The summed E-state index contributed by atoms with van der Waals surface area (Å²) in [5.74, 6) is -0.292. The first-order valence-electron chi connectivity index (χ1n) is 14.5. The van der Waals surface area contributed by atoms with Crippen LogP contribution in [0, 0.1) is 16.7 Å². The predicted molar refractivity (Wildman–Crippen MR) is 161 cm³/mol. The highest BCUT2D eigenvalue weighted by atomic mass is 16.5. The molecule has 2 aromatic rings. The Morgan fingerprint density at radius 2 is 1.83 bits per heavy atom. The molecular formula is C31H41N7O4. The highest BCUT2D eigenvalue weighted by Gasteiger charge is 2.39. The molecule has 42 heavy (non-hydrogen) atoms. The summed E-state index contributed by atoms with van der Waals surface area (Å²) < 4.78 is 6.12. The van der Waals surface area contributed by atoms with E-state index in [-0.39, 0.29) is 36.6 Å². The van der Waals surface area contributed by atoms with Gasteiger partial charge in [0.1, 0.15) is 30.3 Å². The molecule has 2 aromatic carbocycles. The number of carbonyl (C=O) groups is 3. The van der Waals surface area contributed by atoms with Gasteiger partial charge in [-0.1, -0.05) is 36.4 Å². The van der Waals surface area contributed by atoms with E-state index in [9.17, 15) is 14.4 Å².